The van der Waals surface area contributed by atoms with Crippen LogP contribution in [0.3, 0.4) is 0 Å². The van der Waals surface area contributed by atoms with E-state index < -0.39 is 11.0 Å². The molecule has 2 fully saturated rings. The van der Waals surface area contributed by atoms with Gasteiger partial charge >= 0.3 is 0 Å². The first-order valence-electron chi connectivity index (χ1n) is 20.8. The molecule has 4 aromatic rings. The average Bonchev–Trinajstić information content (AvgIpc) is 3.17. The molecule has 0 heterocycles. The zero-order valence-corrected chi connectivity index (χ0v) is 36.5. The Labute approximate surface area is 346 Å². The maximum absolute atomic E-state index is 11.7. The Morgan fingerprint density at radius 3 is 1.16 bits per heavy atom. The number of hydrogen-bond acceptors (Lipinski definition) is 8. The van der Waals surface area contributed by atoms with Crippen LogP contribution in [0.2, 0.25) is 0 Å². The minimum atomic E-state index is -0.593. The smallest absolute Gasteiger partial charge is 0.124 e. The third kappa shape index (κ3) is 8.36. The van der Waals surface area contributed by atoms with E-state index in [4.69, 9.17) is 18.9 Å². The van der Waals surface area contributed by atoms with Crippen molar-refractivity contribution in [3.63, 3.8) is 0 Å². The lowest BCUT2D eigenvalue weighted by molar-refractivity contribution is -0.0813. The summed E-state index contributed by atoms with van der Waals surface area (Å²) in [7, 11) is 4.93. The summed E-state index contributed by atoms with van der Waals surface area (Å²) >= 11 is 0. The van der Waals surface area contributed by atoms with Crippen molar-refractivity contribution in [2.24, 2.45) is 5.41 Å². The molecule has 8 heteroatoms. The first kappa shape index (κ1) is 43.5. The van der Waals surface area contributed by atoms with Gasteiger partial charge in [0.15, 0.2) is 0 Å². The number of phenols is 4. The Hall–Kier alpha value is -4.08. The van der Waals surface area contributed by atoms with E-state index in [9.17, 15) is 20.4 Å². The predicted octanol–water partition coefficient (Wildman–Crippen LogP) is 10.9. The molecule has 2 saturated carbocycles. The number of phenolic OH excluding ortho intramolecular Hbond substituents is 4. The fourth-order valence-corrected chi connectivity index (χ4v) is 10.1. The van der Waals surface area contributed by atoms with Gasteiger partial charge < -0.3 is 39.4 Å². The third-order valence-corrected chi connectivity index (χ3v) is 13.6. The van der Waals surface area contributed by atoms with Crippen LogP contribution < -0.4 is 0 Å². The number of aromatic hydroxyl groups is 4. The minimum absolute atomic E-state index is 0.214. The van der Waals surface area contributed by atoms with Crippen molar-refractivity contribution in [3.05, 3.63) is 115 Å². The molecule has 0 bridgehead atoms. The van der Waals surface area contributed by atoms with Crippen molar-refractivity contribution in [2.75, 3.05) is 21.3 Å². The number of hydrogen-bond donors (Lipinski definition) is 4. The van der Waals surface area contributed by atoms with Crippen molar-refractivity contribution in [1.82, 2.24) is 0 Å². The number of methoxy groups -OCH3 is 3. The van der Waals surface area contributed by atoms with Gasteiger partial charge in [-0.25, -0.2) is 0 Å². The molecule has 0 radical (unpaired) electrons. The van der Waals surface area contributed by atoms with Crippen LogP contribution in [0.15, 0.2) is 48.5 Å². The molecule has 0 saturated heterocycles. The maximum atomic E-state index is 11.7. The monoisotopic (exact) mass is 794 g/mol. The van der Waals surface area contributed by atoms with Crippen LogP contribution in [0, 0.1) is 33.1 Å². The van der Waals surface area contributed by atoms with Gasteiger partial charge in [-0.2, -0.15) is 0 Å². The molecular formula is C50H66O8. The van der Waals surface area contributed by atoms with E-state index in [0.717, 1.165) is 106 Å². The maximum Gasteiger partial charge on any atom is 0.124 e. The molecule has 2 aliphatic rings. The standard InChI is InChI=1S/C50H66O8/c1-31-18-39(22-35(26-55-8)43(31)51)49(16-14-47(5,6)15-17-49)40-19-32(2)46(54)38(25-40)29-58-48(7)12-11-13-50(30-48,41-20-33(3)44(52)36(23-41)27-56-9)42-21-34(4)45(53)37(24-42)28-57-10/h18-25,51-54H,11-17,26-30H2,1-10H3. The predicted molar refractivity (Wildman–Crippen MR) is 229 cm³/mol. The Morgan fingerprint density at radius 1 is 0.448 bits per heavy atom. The van der Waals surface area contributed by atoms with Gasteiger partial charge in [0.1, 0.15) is 23.0 Å². The molecule has 4 N–H and O–H groups in total. The van der Waals surface area contributed by atoms with E-state index in [1.807, 2.05) is 27.7 Å². The highest BCUT2D eigenvalue weighted by molar-refractivity contribution is 5.55. The van der Waals surface area contributed by atoms with Gasteiger partial charge in [-0.05, 0) is 160 Å². The van der Waals surface area contributed by atoms with E-state index in [1.54, 1.807) is 21.3 Å². The van der Waals surface area contributed by atoms with Crippen molar-refractivity contribution < 1.29 is 39.4 Å². The van der Waals surface area contributed by atoms with Gasteiger partial charge in [0.05, 0.1) is 32.0 Å². The van der Waals surface area contributed by atoms with Gasteiger partial charge in [-0.3, -0.25) is 0 Å². The van der Waals surface area contributed by atoms with E-state index in [0.29, 0.717) is 13.0 Å². The third-order valence-electron chi connectivity index (χ3n) is 13.6. The largest absolute Gasteiger partial charge is 0.507 e. The van der Waals surface area contributed by atoms with Crippen molar-refractivity contribution in [2.45, 2.75) is 143 Å². The zero-order valence-electron chi connectivity index (χ0n) is 36.5. The Bertz CT molecular complexity index is 2060. The van der Waals surface area contributed by atoms with Gasteiger partial charge in [0.25, 0.3) is 0 Å². The van der Waals surface area contributed by atoms with E-state index in [2.05, 4.69) is 69.3 Å². The summed E-state index contributed by atoms with van der Waals surface area (Å²) in [5.74, 6) is 0.999. The molecule has 0 spiro atoms. The lowest BCUT2D eigenvalue weighted by Crippen LogP contribution is -2.44. The summed E-state index contributed by atoms with van der Waals surface area (Å²) in [6, 6.07) is 16.9. The summed E-state index contributed by atoms with van der Waals surface area (Å²) in [6.45, 7) is 15.8. The van der Waals surface area contributed by atoms with E-state index >= 15 is 0 Å². The lowest BCUT2D eigenvalue weighted by atomic mass is 9.59. The first-order valence-corrected chi connectivity index (χ1v) is 20.8. The van der Waals surface area contributed by atoms with Crippen LogP contribution in [0.4, 0.5) is 0 Å². The van der Waals surface area contributed by atoms with Crippen LogP contribution in [0.5, 0.6) is 23.0 Å². The highest BCUT2D eigenvalue weighted by Crippen LogP contribution is 2.54. The highest BCUT2D eigenvalue weighted by atomic mass is 16.5. The topological polar surface area (TPSA) is 118 Å². The molecule has 1 atom stereocenters. The fraction of sp³-hybridized carbons (Fsp3) is 0.520. The molecule has 0 amide bonds. The molecule has 0 aromatic heterocycles. The van der Waals surface area contributed by atoms with Gasteiger partial charge in [0.2, 0.25) is 0 Å². The summed E-state index contributed by atoms with van der Waals surface area (Å²) in [5.41, 5.74) is 9.44. The summed E-state index contributed by atoms with van der Waals surface area (Å²) in [6.07, 6.45) is 7.16. The second-order valence-electron chi connectivity index (χ2n) is 18.6. The normalized spacial score (nSPS) is 20.0. The molecule has 1 unspecified atom stereocenters. The van der Waals surface area contributed by atoms with Crippen molar-refractivity contribution in [1.29, 1.82) is 0 Å². The van der Waals surface area contributed by atoms with E-state index in [-0.39, 0.29) is 53.6 Å². The second kappa shape index (κ2) is 16.9. The van der Waals surface area contributed by atoms with Crippen LogP contribution >= 0.6 is 0 Å². The van der Waals surface area contributed by atoms with Crippen LogP contribution in [-0.4, -0.2) is 47.4 Å². The molecule has 314 valence electrons. The zero-order chi connectivity index (χ0) is 42.2. The Kier molecular flexibility index (Phi) is 12.7. The van der Waals surface area contributed by atoms with Crippen LogP contribution in [0.25, 0.3) is 0 Å². The van der Waals surface area contributed by atoms with Crippen molar-refractivity contribution >= 4 is 0 Å². The fourth-order valence-electron chi connectivity index (χ4n) is 10.1. The highest BCUT2D eigenvalue weighted by Gasteiger charge is 2.47. The lowest BCUT2D eigenvalue weighted by Gasteiger charge is -2.48. The molecule has 0 aliphatic heterocycles. The average molecular weight is 795 g/mol. The van der Waals surface area contributed by atoms with Gasteiger partial charge in [-0.1, -0.05) is 38.1 Å². The minimum Gasteiger partial charge on any atom is -0.507 e. The quantitative estimate of drug-likeness (QED) is 0.106. The first-order chi connectivity index (χ1) is 27.4. The van der Waals surface area contributed by atoms with Crippen LogP contribution in [-0.2, 0) is 56.2 Å². The number of aryl methyl sites for hydroxylation is 4. The molecule has 4 aromatic carbocycles. The van der Waals surface area contributed by atoms with Crippen molar-refractivity contribution in [3.8, 4) is 23.0 Å². The Balaban J connectivity index is 1.42. The molecule has 6 rings (SSSR count). The molecule has 58 heavy (non-hydrogen) atoms. The number of rotatable bonds is 13. The SMILES string of the molecule is COCc1cc(C2(c3cc(C)c(O)c(COC4(C)CCCC(c5cc(C)c(O)c(COC)c5)(c5cc(C)c(O)c(COC)c5)C4)c3)CCC(C)(C)CC2)cc(C)c1O. The summed E-state index contributed by atoms with van der Waals surface area (Å²) in [4.78, 5) is 0. The number of benzene rings is 4. The molecular weight excluding hydrogens is 729 g/mol. The Morgan fingerprint density at radius 2 is 0.793 bits per heavy atom. The summed E-state index contributed by atoms with van der Waals surface area (Å²) < 4.78 is 23.7. The summed E-state index contributed by atoms with van der Waals surface area (Å²) in [5, 5.41) is 44.8. The number of ether oxygens (including phenoxy) is 4. The van der Waals surface area contributed by atoms with Gasteiger partial charge in [0, 0.05) is 54.4 Å². The van der Waals surface area contributed by atoms with Crippen LogP contribution in [0.1, 0.15) is 139 Å². The van der Waals surface area contributed by atoms with E-state index in [1.165, 1.54) is 5.56 Å². The van der Waals surface area contributed by atoms with Gasteiger partial charge in [-0.15, -0.1) is 0 Å². The molecule has 2 aliphatic carbocycles. The second-order valence-corrected chi connectivity index (χ2v) is 18.6. The molecule has 8 nitrogen and oxygen atoms in total.